The van der Waals surface area contributed by atoms with Crippen molar-refractivity contribution in [3.05, 3.63) is 60.2 Å². The minimum atomic E-state index is -0.211. The Labute approximate surface area is 105 Å². The zero-order valence-electron chi connectivity index (χ0n) is 9.84. The van der Waals surface area contributed by atoms with Crippen LogP contribution in [-0.2, 0) is 13.1 Å². The van der Waals surface area contributed by atoms with E-state index in [0.717, 1.165) is 11.3 Å². The van der Waals surface area contributed by atoms with Gasteiger partial charge in [0.2, 0.25) is 0 Å². The van der Waals surface area contributed by atoms with Crippen LogP contribution in [0, 0.1) is 0 Å². The van der Waals surface area contributed by atoms with Gasteiger partial charge in [-0.25, -0.2) is 4.79 Å². The lowest BCUT2D eigenvalue weighted by molar-refractivity contribution is 0.240. The fraction of sp³-hybridized carbons (Fsp3) is 0.154. The number of hydrogen-bond acceptors (Lipinski definition) is 3. The van der Waals surface area contributed by atoms with E-state index in [4.69, 9.17) is 0 Å². The molecule has 0 bridgehead atoms. The van der Waals surface area contributed by atoms with E-state index in [0.29, 0.717) is 13.1 Å². The van der Waals surface area contributed by atoms with Gasteiger partial charge in [0.05, 0.1) is 12.2 Å². The zero-order valence-corrected chi connectivity index (χ0v) is 9.84. The van der Waals surface area contributed by atoms with E-state index in [9.17, 15) is 4.79 Å². The first-order chi connectivity index (χ1) is 8.84. The molecule has 2 N–H and O–H groups in total. The van der Waals surface area contributed by atoms with E-state index < -0.39 is 0 Å². The average Bonchev–Trinajstić information content (AvgIpc) is 2.45. The number of amides is 2. The molecule has 92 valence electrons. The molecule has 0 spiro atoms. The van der Waals surface area contributed by atoms with Crippen molar-refractivity contribution in [2.24, 2.45) is 0 Å². The normalized spacial score (nSPS) is 9.78. The van der Waals surface area contributed by atoms with Crippen molar-refractivity contribution in [1.82, 2.24) is 20.6 Å². The SMILES string of the molecule is O=C(NCc1ccncc1)NCc1ccccn1. The second-order valence-electron chi connectivity index (χ2n) is 3.71. The molecule has 0 saturated carbocycles. The van der Waals surface area contributed by atoms with Crippen LogP contribution in [0.4, 0.5) is 4.79 Å². The fourth-order valence-corrected chi connectivity index (χ4v) is 1.42. The van der Waals surface area contributed by atoms with E-state index in [1.165, 1.54) is 0 Å². The van der Waals surface area contributed by atoms with Crippen molar-refractivity contribution in [2.75, 3.05) is 0 Å². The van der Waals surface area contributed by atoms with Crippen LogP contribution in [0.15, 0.2) is 48.9 Å². The summed E-state index contributed by atoms with van der Waals surface area (Å²) in [5, 5.41) is 5.50. The molecule has 0 aliphatic carbocycles. The summed E-state index contributed by atoms with van der Waals surface area (Å²) in [6.07, 6.45) is 5.09. The van der Waals surface area contributed by atoms with Crippen LogP contribution in [-0.4, -0.2) is 16.0 Å². The molecule has 2 rings (SSSR count). The molecule has 5 heteroatoms. The number of nitrogens with one attached hydrogen (secondary N) is 2. The Hall–Kier alpha value is -2.43. The Balaban J connectivity index is 1.73. The molecule has 0 radical (unpaired) electrons. The van der Waals surface area contributed by atoms with Crippen LogP contribution < -0.4 is 10.6 Å². The number of pyridine rings is 2. The summed E-state index contributed by atoms with van der Waals surface area (Å²) in [4.78, 5) is 19.6. The molecule has 2 amide bonds. The molecule has 0 atom stereocenters. The Morgan fingerprint density at radius 1 is 1.00 bits per heavy atom. The third-order valence-electron chi connectivity index (χ3n) is 2.36. The van der Waals surface area contributed by atoms with Crippen molar-refractivity contribution >= 4 is 6.03 Å². The molecule has 2 aromatic rings. The lowest BCUT2D eigenvalue weighted by atomic mass is 10.3. The van der Waals surface area contributed by atoms with E-state index in [2.05, 4.69) is 20.6 Å². The van der Waals surface area contributed by atoms with E-state index in [1.54, 1.807) is 18.6 Å². The second-order valence-corrected chi connectivity index (χ2v) is 3.71. The monoisotopic (exact) mass is 242 g/mol. The molecule has 0 aliphatic heterocycles. The van der Waals surface area contributed by atoms with Crippen LogP contribution in [0.3, 0.4) is 0 Å². The van der Waals surface area contributed by atoms with Crippen molar-refractivity contribution < 1.29 is 4.79 Å². The summed E-state index contributed by atoms with van der Waals surface area (Å²) in [5.74, 6) is 0. The maximum atomic E-state index is 11.5. The summed E-state index contributed by atoms with van der Waals surface area (Å²) in [5.41, 5.74) is 1.84. The molecule has 18 heavy (non-hydrogen) atoms. The molecule has 5 nitrogen and oxygen atoms in total. The summed E-state index contributed by atoms with van der Waals surface area (Å²) >= 11 is 0. The number of urea groups is 1. The molecule has 0 unspecified atom stereocenters. The highest BCUT2D eigenvalue weighted by atomic mass is 16.2. The van der Waals surface area contributed by atoms with E-state index >= 15 is 0 Å². The van der Waals surface area contributed by atoms with Gasteiger partial charge in [-0.2, -0.15) is 0 Å². The van der Waals surface area contributed by atoms with E-state index in [1.807, 2.05) is 30.3 Å². The number of rotatable bonds is 4. The molecule has 2 aromatic heterocycles. The Morgan fingerprint density at radius 2 is 1.78 bits per heavy atom. The van der Waals surface area contributed by atoms with Crippen LogP contribution in [0.5, 0.6) is 0 Å². The highest BCUT2D eigenvalue weighted by Gasteiger charge is 2.00. The summed E-state index contributed by atoms with van der Waals surface area (Å²) < 4.78 is 0. The number of aromatic nitrogens is 2. The molecule has 0 aliphatic rings. The molecule has 2 heterocycles. The summed E-state index contributed by atoms with van der Waals surface area (Å²) in [7, 11) is 0. The van der Waals surface area contributed by atoms with Crippen molar-refractivity contribution in [2.45, 2.75) is 13.1 Å². The number of nitrogens with zero attached hydrogens (tertiary/aromatic N) is 2. The van der Waals surface area contributed by atoms with E-state index in [-0.39, 0.29) is 6.03 Å². The minimum Gasteiger partial charge on any atom is -0.334 e. The Morgan fingerprint density at radius 3 is 2.50 bits per heavy atom. The minimum absolute atomic E-state index is 0.211. The van der Waals surface area contributed by atoms with Gasteiger partial charge in [-0.15, -0.1) is 0 Å². The summed E-state index contributed by atoms with van der Waals surface area (Å²) in [6, 6.07) is 9.10. The van der Waals surface area contributed by atoms with Crippen molar-refractivity contribution in [1.29, 1.82) is 0 Å². The third-order valence-corrected chi connectivity index (χ3v) is 2.36. The molecular weight excluding hydrogens is 228 g/mol. The average molecular weight is 242 g/mol. The van der Waals surface area contributed by atoms with Crippen LogP contribution in [0.1, 0.15) is 11.3 Å². The van der Waals surface area contributed by atoms with Crippen molar-refractivity contribution in [3.8, 4) is 0 Å². The van der Waals surface area contributed by atoms with Gasteiger partial charge in [-0.1, -0.05) is 6.07 Å². The topological polar surface area (TPSA) is 66.9 Å². The Bertz CT molecular complexity index is 441. The first-order valence-corrected chi connectivity index (χ1v) is 5.65. The van der Waals surface area contributed by atoms with Gasteiger partial charge < -0.3 is 10.6 Å². The van der Waals surface area contributed by atoms with Gasteiger partial charge in [-0.05, 0) is 29.8 Å². The quantitative estimate of drug-likeness (QED) is 0.853. The first-order valence-electron chi connectivity index (χ1n) is 5.65. The second kappa shape index (κ2) is 6.34. The standard InChI is InChI=1S/C13H14N4O/c18-13(16-9-11-4-7-14-8-5-11)17-10-12-3-1-2-6-15-12/h1-8H,9-10H2,(H2,16,17,18). The van der Waals surface area contributed by atoms with Crippen LogP contribution in [0.25, 0.3) is 0 Å². The predicted molar refractivity (Wildman–Crippen MR) is 67.5 cm³/mol. The molecule has 0 fully saturated rings. The highest BCUT2D eigenvalue weighted by Crippen LogP contribution is 1.95. The zero-order chi connectivity index (χ0) is 12.6. The highest BCUT2D eigenvalue weighted by molar-refractivity contribution is 5.73. The maximum absolute atomic E-state index is 11.5. The van der Waals surface area contributed by atoms with Gasteiger partial charge in [0, 0.05) is 25.1 Å². The Kier molecular flexibility index (Phi) is 4.24. The van der Waals surface area contributed by atoms with Gasteiger partial charge in [-0.3, -0.25) is 9.97 Å². The smallest absolute Gasteiger partial charge is 0.315 e. The largest absolute Gasteiger partial charge is 0.334 e. The first kappa shape index (κ1) is 12.0. The van der Waals surface area contributed by atoms with Crippen LogP contribution >= 0.6 is 0 Å². The van der Waals surface area contributed by atoms with Gasteiger partial charge in [0.1, 0.15) is 0 Å². The van der Waals surface area contributed by atoms with Crippen LogP contribution in [0.2, 0.25) is 0 Å². The number of carbonyl (C=O) groups excluding carboxylic acids is 1. The maximum Gasteiger partial charge on any atom is 0.315 e. The number of carbonyl (C=O) groups is 1. The molecule has 0 aromatic carbocycles. The van der Waals surface area contributed by atoms with Gasteiger partial charge >= 0.3 is 6.03 Å². The van der Waals surface area contributed by atoms with Gasteiger partial charge in [0.15, 0.2) is 0 Å². The lowest BCUT2D eigenvalue weighted by Crippen LogP contribution is -2.34. The predicted octanol–water partition coefficient (Wildman–Crippen LogP) is 1.48. The molecular formula is C13H14N4O. The lowest BCUT2D eigenvalue weighted by Gasteiger charge is -2.07. The van der Waals surface area contributed by atoms with Gasteiger partial charge in [0.25, 0.3) is 0 Å². The van der Waals surface area contributed by atoms with Crippen molar-refractivity contribution in [3.63, 3.8) is 0 Å². The summed E-state index contributed by atoms with van der Waals surface area (Å²) in [6.45, 7) is 0.902. The fourth-order valence-electron chi connectivity index (χ4n) is 1.42. The number of hydrogen-bond donors (Lipinski definition) is 2. The third kappa shape index (κ3) is 3.86. The molecule has 0 saturated heterocycles.